The molecule has 1 amide bonds. The number of amides is 1. The van der Waals surface area contributed by atoms with Gasteiger partial charge in [-0.2, -0.15) is 5.26 Å². The quantitative estimate of drug-likeness (QED) is 0.411. The number of hydrogen-bond acceptors (Lipinski definition) is 4. The molecule has 1 aliphatic carbocycles. The predicted octanol–water partition coefficient (Wildman–Crippen LogP) is 5.94. The third kappa shape index (κ3) is 6.40. The van der Waals surface area contributed by atoms with Crippen molar-refractivity contribution in [3.05, 3.63) is 63.1 Å². The highest BCUT2D eigenvalue weighted by molar-refractivity contribution is 6.35. The van der Waals surface area contributed by atoms with Crippen molar-refractivity contribution >= 4 is 35.2 Å². The Kier molecular flexibility index (Phi) is 8.22. The van der Waals surface area contributed by atoms with Crippen molar-refractivity contribution in [3.63, 3.8) is 0 Å². The zero-order valence-corrected chi connectivity index (χ0v) is 18.8. The van der Waals surface area contributed by atoms with E-state index in [4.69, 9.17) is 32.7 Å². The van der Waals surface area contributed by atoms with E-state index in [0.29, 0.717) is 27.1 Å². The first-order valence-corrected chi connectivity index (χ1v) is 10.9. The number of nitriles is 1. The standard InChI is InChI=1S/C24H24Cl2N2O3/c1-30-23-12-16(11-18(14-27)24(29)28-20-5-3-2-4-6-20)7-10-22(23)31-15-17-8-9-19(25)13-21(17)26/h7-13,20H,2-6,15H2,1H3,(H,28,29). The van der Waals surface area contributed by atoms with Crippen LogP contribution in [0.25, 0.3) is 6.08 Å². The Morgan fingerprint density at radius 1 is 1.16 bits per heavy atom. The molecule has 7 heteroatoms. The van der Waals surface area contributed by atoms with Gasteiger partial charge in [0.1, 0.15) is 18.2 Å². The minimum Gasteiger partial charge on any atom is -0.493 e. The second-order valence-corrected chi connectivity index (χ2v) is 8.26. The van der Waals surface area contributed by atoms with Crippen molar-refractivity contribution in [2.24, 2.45) is 0 Å². The van der Waals surface area contributed by atoms with Crippen LogP contribution in [0.5, 0.6) is 11.5 Å². The molecule has 1 aliphatic rings. The Morgan fingerprint density at radius 2 is 1.94 bits per heavy atom. The summed E-state index contributed by atoms with van der Waals surface area (Å²) < 4.78 is 11.3. The summed E-state index contributed by atoms with van der Waals surface area (Å²) in [6, 6.07) is 12.6. The number of nitrogens with zero attached hydrogens (tertiary/aromatic N) is 1. The van der Waals surface area contributed by atoms with Crippen molar-refractivity contribution in [1.29, 1.82) is 5.26 Å². The number of hydrogen-bond donors (Lipinski definition) is 1. The molecule has 5 nitrogen and oxygen atoms in total. The maximum Gasteiger partial charge on any atom is 0.262 e. The highest BCUT2D eigenvalue weighted by atomic mass is 35.5. The average Bonchev–Trinajstić information content (AvgIpc) is 2.77. The first-order valence-electron chi connectivity index (χ1n) is 10.2. The minimum absolute atomic E-state index is 0.0641. The van der Waals surface area contributed by atoms with E-state index >= 15 is 0 Å². The van der Waals surface area contributed by atoms with Crippen LogP contribution in [-0.2, 0) is 11.4 Å². The van der Waals surface area contributed by atoms with E-state index in [1.54, 1.807) is 42.5 Å². The minimum atomic E-state index is -0.342. The highest BCUT2D eigenvalue weighted by Gasteiger charge is 2.18. The Bertz CT molecular complexity index is 1010. The normalized spacial score (nSPS) is 14.6. The molecule has 1 saturated carbocycles. The van der Waals surface area contributed by atoms with Gasteiger partial charge in [0.15, 0.2) is 11.5 Å². The van der Waals surface area contributed by atoms with Gasteiger partial charge in [-0.3, -0.25) is 4.79 Å². The van der Waals surface area contributed by atoms with Gasteiger partial charge in [-0.15, -0.1) is 0 Å². The fourth-order valence-corrected chi connectivity index (χ4v) is 3.98. The summed E-state index contributed by atoms with van der Waals surface area (Å²) in [5.74, 6) is 0.672. The van der Waals surface area contributed by atoms with Crippen molar-refractivity contribution in [2.75, 3.05) is 7.11 Å². The first kappa shape index (κ1) is 23.0. The van der Waals surface area contributed by atoms with Crippen LogP contribution in [-0.4, -0.2) is 19.1 Å². The summed E-state index contributed by atoms with van der Waals surface area (Å²) in [4.78, 5) is 12.5. The maximum atomic E-state index is 12.5. The molecule has 0 spiro atoms. The summed E-state index contributed by atoms with van der Waals surface area (Å²) in [5.41, 5.74) is 1.53. The number of nitrogens with one attached hydrogen (secondary N) is 1. The van der Waals surface area contributed by atoms with Crippen molar-refractivity contribution in [1.82, 2.24) is 5.32 Å². The largest absolute Gasteiger partial charge is 0.493 e. The Hall–Kier alpha value is -2.68. The summed E-state index contributed by atoms with van der Waals surface area (Å²) >= 11 is 12.1. The molecule has 0 atom stereocenters. The lowest BCUT2D eigenvalue weighted by molar-refractivity contribution is -0.117. The van der Waals surface area contributed by atoms with Crippen LogP contribution in [0.1, 0.15) is 43.2 Å². The molecule has 3 rings (SSSR count). The fraction of sp³-hybridized carbons (Fsp3) is 0.333. The second-order valence-electron chi connectivity index (χ2n) is 7.41. The van der Waals surface area contributed by atoms with E-state index in [1.165, 1.54) is 13.5 Å². The van der Waals surface area contributed by atoms with Crippen LogP contribution in [0.3, 0.4) is 0 Å². The summed E-state index contributed by atoms with van der Waals surface area (Å²) in [7, 11) is 1.53. The average molecular weight is 459 g/mol. The summed E-state index contributed by atoms with van der Waals surface area (Å²) in [5, 5.41) is 13.5. The van der Waals surface area contributed by atoms with E-state index in [-0.39, 0.29) is 24.1 Å². The van der Waals surface area contributed by atoms with Crippen molar-refractivity contribution in [3.8, 4) is 17.6 Å². The lowest BCUT2D eigenvalue weighted by atomic mass is 9.95. The topological polar surface area (TPSA) is 71.3 Å². The van der Waals surface area contributed by atoms with Crippen LogP contribution in [0.2, 0.25) is 10.0 Å². The maximum absolute atomic E-state index is 12.5. The molecule has 0 aromatic heterocycles. The van der Waals surface area contributed by atoms with E-state index < -0.39 is 0 Å². The van der Waals surface area contributed by atoms with Crippen LogP contribution in [0, 0.1) is 11.3 Å². The number of halogens is 2. The third-order valence-corrected chi connectivity index (χ3v) is 5.79. The second kappa shape index (κ2) is 11.1. The number of rotatable bonds is 7. The van der Waals surface area contributed by atoms with Gasteiger partial charge in [-0.05, 0) is 48.7 Å². The molecule has 1 fully saturated rings. The van der Waals surface area contributed by atoms with Gasteiger partial charge in [0.05, 0.1) is 7.11 Å². The number of ether oxygens (including phenoxy) is 2. The zero-order chi connectivity index (χ0) is 22.2. The summed E-state index contributed by atoms with van der Waals surface area (Å²) in [6.45, 7) is 0.245. The predicted molar refractivity (Wildman–Crippen MR) is 122 cm³/mol. The highest BCUT2D eigenvalue weighted by Crippen LogP contribution is 2.31. The van der Waals surface area contributed by atoms with Gasteiger partial charge < -0.3 is 14.8 Å². The molecule has 0 unspecified atom stereocenters. The van der Waals surface area contributed by atoms with E-state index in [0.717, 1.165) is 31.2 Å². The third-order valence-electron chi connectivity index (χ3n) is 5.20. The number of carbonyl (C=O) groups excluding carboxylic acids is 1. The molecule has 0 bridgehead atoms. The molecular formula is C24H24Cl2N2O3. The van der Waals surface area contributed by atoms with Crippen LogP contribution >= 0.6 is 23.2 Å². The Labute approximate surface area is 192 Å². The molecule has 0 radical (unpaired) electrons. The lowest BCUT2D eigenvalue weighted by Gasteiger charge is -2.22. The lowest BCUT2D eigenvalue weighted by Crippen LogP contribution is -2.36. The monoisotopic (exact) mass is 458 g/mol. The van der Waals surface area contributed by atoms with Gasteiger partial charge in [-0.25, -0.2) is 0 Å². The van der Waals surface area contributed by atoms with Gasteiger partial charge in [0, 0.05) is 21.7 Å². The molecular weight excluding hydrogens is 435 g/mol. The molecule has 0 aliphatic heterocycles. The Morgan fingerprint density at radius 3 is 2.61 bits per heavy atom. The zero-order valence-electron chi connectivity index (χ0n) is 17.3. The van der Waals surface area contributed by atoms with E-state index in [1.807, 2.05) is 6.07 Å². The molecule has 0 heterocycles. The van der Waals surface area contributed by atoms with Gasteiger partial charge >= 0.3 is 0 Å². The van der Waals surface area contributed by atoms with Crippen LogP contribution in [0.4, 0.5) is 0 Å². The van der Waals surface area contributed by atoms with Gasteiger partial charge in [-0.1, -0.05) is 54.6 Å². The molecule has 2 aromatic carbocycles. The number of carbonyl (C=O) groups is 1. The smallest absolute Gasteiger partial charge is 0.262 e. The molecule has 2 aromatic rings. The van der Waals surface area contributed by atoms with E-state index in [2.05, 4.69) is 5.32 Å². The van der Waals surface area contributed by atoms with Crippen LogP contribution < -0.4 is 14.8 Å². The molecule has 1 N–H and O–H groups in total. The fourth-order valence-electron chi connectivity index (χ4n) is 3.51. The van der Waals surface area contributed by atoms with Crippen molar-refractivity contribution < 1.29 is 14.3 Å². The molecule has 0 saturated heterocycles. The van der Waals surface area contributed by atoms with Crippen LogP contribution in [0.15, 0.2) is 42.0 Å². The van der Waals surface area contributed by atoms with Gasteiger partial charge in [0.2, 0.25) is 0 Å². The van der Waals surface area contributed by atoms with Gasteiger partial charge in [0.25, 0.3) is 5.91 Å². The van der Waals surface area contributed by atoms with Crippen molar-refractivity contribution in [2.45, 2.75) is 44.8 Å². The SMILES string of the molecule is COc1cc(C=C(C#N)C(=O)NC2CCCCC2)ccc1OCc1ccc(Cl)cc1Cl. The van der Waals surface area contributed by atoms with E-state index in [9.17, 15) is 10.1 Å². The number of benzene rings is 2. The first-order chi connectivity index (χ1) is 15.0. The summed E-state index contributed by atoms with van der Waals surface area (Å²) in [6.07, 6.45) is 6.89. The molecule has 31 heavy (non-hydrogen) atoms. The Balaban J connectivity index is 1.71. The molecule has 162 valence electrons. The number of methoxy groups -OCH3 is 1.